The summed E-state index contributed by atoms with van der Waals surface area (Å²) in [5.41, 5.74) is -0.267. The maximum absolute atomic E-state index is 14.4. The average molecular weight is 644 g/mol. The molecule has 1 fully saturated rings. The molecule has 0 bridgehead atoms. The monoisotopic (exact) mass is 643 g/mol. The molecular weight excluding hydrogens is 614 g/mol. The molecular formula is C30H29F4N7O3S. The van der Waals surface area contributed by atoms with Crippen LogP contribution in [0.15, 0.2) is 65.6 Å². The number of ketones is 1. The van der Waals surface area contributed by atoms with E-state index in [1.807, 2.05) is 13.8 Å². The van der Waals surface area contributed by atoms with Gasteiger partial charge in [0.25, 0.3) is 10.0 Å². The van der Waals surface area contributed by atoms with Gasteiger partial charge in [-0.05, 0) is 87.6 Å². The molecule has 0 spiro atoms. The number of sulfonamides is 1. The summed E-state index contributed by atoms with van der Waals surface area (Å²) in [6, 6.07) is 6.39. The Morgan fingerprint density at radius 3 is 2.51 bits per heavy atom. The molecule has 0 saturated heterocycles. The van der Waals surface area contributed by atoms with Gasteiger partial charge >= 0.3 is 6.18 Å². The number of hydrogen-bond donors (Lipinski definition) is 0. The molecule has 2 aliphatic rings. The molecule has 2 aliphatic carbocycles. The van der Waals surface area contributed by atoms with Crippen molar-refractivity contribution in [2.24, 2.45) is 5.41 Å². The van der Waals surface area contributed by atoms with E-state index in [-0.39, 0.29) is 36.0 Å². The van der Waals surface area contributed by atoms with E-state index >= 15 is 0 Å². The van der Waals surface area contributed by atoms with Crippen LogP contribution in [-0.2, 0) is 22.6 Å². The number of allylic oxidation sites excluding steroid dienone is 1. The molecule has 45 heavy (non-hydrogen) atoms. The molecule has 4 aromatic rings. The lowest BCUT2D eigenvalue weighted by Gasteiger charge is -2.45. The molecule has 6 rings (SSSR count). The number of aromatic nitrogens is 6. The fourth-order valence-electron chi connectivity index (χ4n) is 6.13. The number of carbonyl (C=O) groups excluding carboxylic acids is 1. The van der Waals surface area contributed by atoms with E-state index in [0.717, 1.165) is 18.3 Å². The second-order valence-electron chi connectivity index (χ2n) is 11.6. The molecule has 0 unspecified atom stereocenters. The van der Waals surface area contributed by atoms with Gasteiger partial charge in [0.1, 0.15) is 11.5 Å². The second-order valence-corrected chi connectivity index (χ2v) is 13.6. The average Bonchev–Trinajstić information content (AvgIpc) is 3.67. The lowest BCUT2D eigenvalue weighted by atomic mass is 9.60. The first-order chi connectivity index (χ1) is 21.2. The lowest BCUT2D eigenvalue weighted by Crippen LogP contribution is -2.49. The van der Waals surface area contributed by atoms with Crippen LogP contribution in [0.3, 0.4) is 0 Å². The van der Waals surface area contributed by atoms with Crippen LogP contribution in [-0.4, -0.2) is 61.4 Å². The van der Waals surface area contributed by atoms with Crippen LogP contribution in [0, 0.1) is 11.2 Å². The number of alkyl halides is 3. The summed E-state index contributed by atoms with van der Waals surface area (Å²) in [6.45, 7) is 3.61. The van der Waals surface area contributed by atoms with Gasteiger partial charge in [0, 0.05) is 19.3 Å². The van der Waals surface area contributed by atoms with Crippen molar-refractivity contribution < 1.29 is 30.8 Å². The quantitative estimate of drug-likeness (QED) is 0.199. The number of hydrogen-bond acceptors (Lipinski definition) is 7. The highest BCUT2D eigenvalue weighted by atomic mass is 32.2. The zero-order valence-corrected chi connectivity index (χ0v) is 25.3. The summed E-state index contributed by atoms with van der Waals surface area (Å²) in [5.74, 6) is -1.05. The maximum atomic E-state index is 14.4. The number of halogens is 4. The van der Waals surface area contributed by atoms with Crippen molar-refractivity contribution in [3.05, 3.63) is 88.9 Å². The molecule has 0 aliphatic heterocycles. The molecule has 0 N–H and O–H groups in total. The van der Waals surface area contributed by atoms with E-state index in [1.165, 1.54) is 34.5 Å². The van der Waals surface area contributed by atoms with E-state index < -0.39 is 44.8 Å². The number of pyridine rings is 1. The first-order valence-corrected chi connectivity index (χ1v) is 15.7. The molecule has 1 saturated carbocycles. The summed E-state index contributed by atoms with van der Waals surface area (Å²) in [4.78, 5) is 19.7. The van der Waals surface area contributed by atoms with Crippen LogP contribution in [0.4, 0.5) is 17.6 Å². The highest BCUT2D eigenvalue weighted by Crippen LogP contribution is 2.51. The van der Waals surface area contributed by atoms with Gasteiger partial charge < -0.3 is 0 Å². The van der Waals surface area contributed by atoms with Crippen molar-refractivity contribution in [2.75, 3.05) is 7.05 Å². The van der Waals surface area contributed by atoms with Crippen LogP contribution in [0.25, 0.3) is 11.8 Å². The highest BCUT2D eigenvalue weighted by molar-refractivity contribution is 7.89. The fraction of sp³-hybridized carbons (Fsp3) is 0.367. The minimum Gasteiger partial charge on any atom is -0.291 e. The zero-order valence-electron chi connectivity index (χ0n) is 24.5. The van der Waals surface area contributed by atoms with Crippen molar-refractivity contribution >= 4 is 21.9 Å². The molecule has 1 aromatic carbocycles. The van der Waals surface area contributed by atoms with Crippen LogP contribution in [0.1, 0.15) is 66.5 Å². The van der Waals surface area contributed by atoms with Gasteiger partial charge in [-0.1, -0.05) is 5.57 Å². The summed E-state index contributed by atoms with van der Waals surface area (Å²) in [5, 5.41) is 12.4. The van der Waals surface area contributed by atoms with Crippen molar-refractivity contribution in [1.82, 2.24) is 34.1 Å². The van der Waals surface area contributed by atoms with E-state index in [4.69, 9.17) is 0 Å². The summed E-state index contributed by atoms with van der Waals surface area (Å²) >= 11 is 0. The molecule has 15 heteroatoms. The number of fused-ring (bicyclic) bond motifs is 2. The maximum Gasteiger partial charge on any atom is 0.416 e. The highest BCUT2D eigenvalue weighted by Gasteiger charge is 2.51. The molecule has 3 aromatic heterocycles. The Morgan fingerprint density at radius 1 is 1.11 bits per heavy atom. The Labute approximate surface area is 256 Å². The molecule has 2 atom stereocenters. The second kappa shape index (κ2) is 11.0. The van der Waals surface area contributed by atoms with Crippen molar-refractivity contribution in [2.45, 2.75) is 62.8 Å². The molecule has 0 radical (unpaired) electrons. The Kier molecular flexibility index (Phi) is 7.51. The van der Waals surface area contributed by atoms with Gasteiger partial charge in [0.2, 0.25) is 5.03 Å². The smallest absolute Gasteiger partial charge is 0.291 e. The largest absolute Gasteiger partial charge is 0.416 e. The number of rotatable bonds is 7. The number of Topliss-reactive ketones (excluding diaryl/α,β-unsaturated/α-hetero) is 1. The predicted octanol–water partition coefficient (Wildman–Crippen LogP) is 5.28. The van der Waals surface area contributed by atoms with Gasteiger partial charge in [0.15, 0.2) is 5.78 Å². The molecule has 0 amide bonds. The van der Waals surface area contributed by atoms with Crippen LogP contribution < -0.4 is 0 Å². The third-order valence-electron chi connectivity index (χ3n) is 8.57. The van der Waals surface area contributed by atoms with Crippen LogP contribution in [0.2, 0.25) is 0 Å². The van der Waals surface area contributed by atoms with Crippen molar-refractivity contribution in [3.63, 3.8) is 0 Å². The van der Waals surface area contributed by atoms with Gasteiger partial charge in [-0.25, -0.2) is 17.5 Å². The summed E-state index contributed by atoms with van der Waals surface area (Å²) in [7, 11) is -2.72. The minimum absolute atomic E-state index is 0.00912. The molecule has 10 nitrogen and oxygen atoms in total. The van der Waals surface area contributed by atoms with Crippen LogP contribution in [0.5, 0.6) is 0 Å². The van der Waals surface area contributed by atoms with E-state index in [0.29, 0.717) is 28.9 Å². The van der Waals surface area contributed by atoms with Gasteiger partial charge in [-0.3, -0.25) is 9.78 Å². The van der Waals surface area contributed by atoms with Gasteiger partial charge in [-0.15, -0.1) is 5.10 Å². The van der Waals surface area contributed by atoms with Crippen molar-refractivity contribution in [3.8, 4) is 5.69 Å². The Hall–Kier alpha value is -4.24. The van der Waals surface area contributed by atoms with Crippen LogP contribution >= 0.6 is 0 Å². The standard InChI is InChI=1S/C30H29F4N7O3S/c1-18(2)41-37-17-27(38-41)45(43,44)39(3)24-7-4-20-13-26-19(16-36-40(26)23-8-5-22(31)6-9-23)14-29(20,15-24)28(42)25-12-21(10-11-35-25)30(32,33)34/h5-6,8-13,16-18,24H,4,7,14-15H2,1-3H3/t24-,29-/m0/s1. The topological polar surface area (TPSA) is 116 Å². The van der Waals surface area contributed by atoms with Gasteiger partial charge in [-0.2, -0.15) is 32.5 Å². The number of benzene rings is 1. The first kappa shape index (κ1) is 30.8. The minimum atomic E-state index is -4.69. The number of nitrogens with zero attached hydrogens (tertiary/aromatic N) is 7. The van der Waals surface area contributed by atoms with E-state index in [1.54, 1.807) is 29.1 Å². The molecule has 3 heterocycles. The Morgan fingerprint density at radius 2 is 1.84 bits per heavy atom. The predicted molar refractivity (Wildman–Crippen MR) is 154 cm³/mol. The third-order valence-corrected chi connectivity index (χ3v) is 10.3. The van der Waals surface area contributed by atoms with E-state index in [9.17, 15) is 30.8 Å². The summed E-state index contributed by atoms with van der Waals surface area (Å²) < 4.78 is 84.6. The lowest BCUT2D eigenvalue weighted by molar-refractivity contribution is -0.137. The molecule has 236 valence electrons. The SMILES string of the molecule is CC(C)n1ncc(S(=O)(=O)N(C)[C@H]2CCC3=Cc4c(cnn4-c4ccc(F)cc4)C[C@]3(C(=O)c3cc(C(F)(F)F)ccn3)C2)n1. The van der Waals surface area contributed by atoms with E-state index in [2.05, 4.69) is 20.3 Å². The fourth-order valence-corrected chi connectivity index (χ4v) is 7.36. The number of carbonyl (C=O) groups is 1. The third kappa shape index (κ3) is 5.37. The van der Waals surface area contributed by atoms with Gasteiger partial charge in [0.05, 0.1) is 40.8 Å². The van der Waals surface area contributed by atoms with Crippen molar-refractivity contribution in [1.29, 1.82) is 0 Å². The summed E-state index contributed by atoms with van der Waals surface area (Å²) in [6.07, 6.45) is 1.45. The Bertz CT molecular complexity index is 1920. The normalized spacial score (nSPS) is 20.2. The first-order valence-electron chi connectivity index (χ1n) is 14.2. The Balaban J connectivity index is 1.42. The zero-order chi connectivity index (χ0) is 32.3.